The first-order chi connectivity index (χ1) is 17.8. The Morgan fingerprint density at radius 1 is 1.14 bits per heavy atom. The van der Waals surface area contributed by atoms with E-state index in [-0.39, 0.29) is 18.1 Å². The van der Waals surface area contributed by atoms with Crippen LogP contribution in [0, 0.1) is 6.92 Å². The maximum Gasteiger partial charge on any atom is 0.273 e. The van der Waals surface area contributed by atoms with Crippen LogP contribution in [0.25, 0.3) is 17.1 Å². The number of amides is 1. The second-order valence-electron chi connectivity index (χ2n) is 8.93. The van der Waals surface area contributed by atoms with Crippen LogP contribution in [0.15, 0.2) is 53.0 Å². The summed E-state index contributed by atoms with van der Waals surface area (Å²) in [6.07, 6.45) is 0.0185. The van der Waals surface area contributed by atoms with Gasteiger partial charge in [-0.25, -0.2) is 4.98 Å². The van der Waals surface area contributed by atoms with E-state index in [1.165, 1.54) is 23.1 Å². The molecule has 2 unspecified atom stereocenters. The van der Waals surface area contributed by atoms with Gasteiger partial charge in [0.2, 0.25) is 0 Å². The molecule has 192 valence electrons. The van der Waals surface area contributed by atoms with Crippen LogP contribution in [0.5, 0.6) is 0 Å². The average Bonchev–Trinajstić information content (AvgIpc) is 3.51. The smallest absolute Gasteiger partial charge is 0.273 e. The van der Waals surface area contributed by atoms with Gasteiger partial charge in [0.25, 0.3) is 5.91 Å². The molecule has 1 fully saturated rings. The van der Waals surface area contributed by atoms with Crippen LogP contribution < -0.4 is 0 Å². The lowest BCUT2D eigenvalue weighted by Crippen LogP contribution is -2.48. The highest BCUT2D eigenvalue weighted by Gasteiger charge is 2.28. The van der Waals surface area contributed by atoms with Crippen LogP contribution in [-0.4, -0.2) is 55.9 Å². The lowest BCUT2D eigenvalue weighted by atomic mass is 10.1. The number of benzene rings is 2. The van der Waals surface area contributed by atoms with Gasteiger partial charge < -0.3 is 9.64 Å². The standard InChI is InChI=1S/C26H25Cl2N5O2S2/c1-15-8-9-18(27)10-22(15)33-24(19-6-4-5-7-20(19)28)30-31-26(33)37-14-23-29-21(13-36-23)25(34)32-11-16(2)35-17(3)12-32/h4-10,13,16-17H,11-12,14H2,1-3H3. The molecule has 0 saturated carbocycles. The summed E-state index contributed by atoms with van der Waals surface area (Å²) < 4.78 is 7.73. The second-order valence-corrected chi connectivity index (χ2v) is 11.7. The highest BCUT2D eigenvalue weighted by Crippen LogP contribution is 2.35. The van der Waals surface area contributed by atoms with Gasteiger partial charge in [0, 0.05) is 29.1 Å². The molecular weight excluding hydrogens is 549 g/mol. The molecule has 1 aliphatic heterocycles. The number of carbonyl (C=O) groups is 1. The second kappa shape index (κ2) is 11.1. The van der Waals surface area contributed by atoms with Crippen molar-refractivity contribution in [1.82, 2.24) is 24.6 Å². The topological polar surface area (TPSA) is 73.1 Å². The SMILES string of the molecule is Cc1ccc(Cl)cc1-n1c(SCc2nc(C(=O)N3CC(C)OC(C)C3)cs2)nnc1-c1ccccc1Cl. The number of rotatable bonds is 6. The number of carbonyl (C=O) groups excluding carboxylic acids is 1. The van der Waals surface area contributed by atoms with Crippen LogP contribution in [0.4, 0.5) is 0 Å². The van der Waals surface area contributed by atoms with Crippen LogP contribution >= 0.6 is 46.3 Å². The van der Waals surface area contributed by atoms with Crippen molar-refractivity contribution in [2.45, 2.75) is 43.9 Å². The van der Waals surface area contributed by atoms with E-state index >= 15 is 0 Å². The number of morpholine rings is 1. The average molecular weight is 575 g/mol. The minimum atomic E-state index is -0.0618. The third-order valence-corrected chi connectivity index (χ3v) is 8.50. The van der Waals surface area contributed by atoms with Crippen LogP contribution in [0.1, 0.15) is 34.9 Å². The van der Waals surface area contributed by atoms with E-state index in [1.807, 2.05) is 78.1 Å². The van der Waals surface area contributed by atoms with Gasteiger partial charge in [0.15, 0.2) is 11.0 Å². The molecule has 3 heterocycles. The maximum atomic E-state index is 13.0. The molecule has 11 heteroatoms. The summed E-state index contributed by atoms with van der Waals surface area (Å²) in [7, 11) is 0. The number of aryl methyl sites for hydroxylation is 1. The van der Waals surface area contributed by atoms with Crippen molar-refractivity contribution in [3.63, 3.8) is 0 Å². The largest absolute Gasteiger partial charge is 0.372 e. The van der Waals surface area contributed by atoms with Crippen molar-refractivity contribution in [2.75, 3.05) is 13.1 Å². The minimum Gasteiger partial charge on any atom is -0.372 e. The Morgan fingerprint density at radius 2 is 1.89 bits per heavy atom. The zero-order valence-electron chi connectivity index (χ0n) is 20.5. The van der Waals surface area contributed by atoms with Crippen LogP contribution in [0.3, 0.4) is 0 Å². The zero-order valence-corrected chi connectivity index (χ0v) is 23.7. The molecule has 2 aromatic heterocycles. The van der Waals surface area contributed by atoms with Gasteiger partial charge in [0.05, 0.1) is 28.7 Å². The van der Waals surface area contributed by atoms with Crippen molar-refractivity contribution in [2.24, 2.45) is 0 Å². The molecule has 0 radical (unpaired) electrons. The van der Waals surface area contributed by atoms with Gasteiger partial charge in [-0.05, 0) is 50.6 Å². The maximum absolute atomic E-state index is 13.0. The molecule has 5 rings (SSSR count). The number of hydrogen-bond donors (Lipinski definition) is 0. The Balaban J connectivity index is 1.41. The van der Waals surface area contributed by atoms with Gasteiger partial charge in [0.1, 0.15) is 10.7 Å². The molecule has 0 spiro atoms. The van der Waals surface area contributed by atoms with E-state index in [0.29, 0.717) is 45.6 Å². The van der Waals surface area contributed by atoms with E-state index in [9.17, 15) is 4.79 Å². The molecule has 1 saturated heterocycles. The molecule has 37 heavy (non-hydrogen) atoms. The quantitative estimate of drug-likeness (QED) is 0.243. The first-order valence-corrected chi connectivity index (χ1v) is 14.4. The molecule has 4 aromatic rings. The van der Waals surface area contributed by atoms with Gasteiger partial charge >= 0.3 is 0 Å². The summed E-state index contributed by atoms with van der Waals surface area (Å²) in [6.45, 7) is 7.11. The Hall–Kier alpha value is -2.43. The fourth-order valence-corrected chi connectivity index (χ4v) is 6.45. The summed E-state index contributed by atoms with van der Waals surface area (Å²) in [6, 6.07) is 13.3. The number of hydrogen-bond acceptors (Lipinski definition) is 7. The van der Waals surface area contributed by atoms with Gasteiger partial charge in [-0.1, -0.05) is 53.2 Å². The molecular formula is C26H25Cl2N5O2S2. The van der Waals surface area contributed by atoms with Crippen molar-refractivity contribution < 1.29 is 9.53 Å². The summed E-state index contributed by atoms with van der Waals surface area (Å²) in [4.78, 5) is 19.5. The molecule has 7 nitrogen and oxygen atoms in total. The van der Waals surface area contributed by atoms with Crippen molar-refractivity contribution >= 4 is 52.2 Å². The van der Waals surface area contributed by atoms with E-state index in [4.69, 9.17) is 27.9 Å². The summed E-state index contributed by atoms with van der Waals surface area (Å²) in [5, 5.41) is 13.5. The van der Waals surface area contributed by atoms with E-state index in [0.717, 1.165) is 21.8 Å². The highest BCUT2D eigenvalue weighted by molar-refractivity contribution is 7.98. The number of nitrogens with zero attached hydrogens (tertiary/aromatic N) is 5. The molecule has 0 N–H and O–H groups in total. The van der Waals surface area contributed by atoms with Gasteiger partial charge in [-0.2, -0.15) is 0 Å². The van der Waals surface area contributed by atoms with Crippen molar-refractivity contribution in [3.8, 4) is 17.1 Å². The van der Waals surface area contributed by atoms with Crippen molar-refractivity contribution in [1.29, 1.82) is 0 Å². The molecule has 1 aliphatic rings. The predicted octanol–water partition coefficient (Wildman–Crippen LogP) is 6.55. The summed E-state index contributed by atoms with van der Waals surface area (Å²) >= 11 is 15.8. The third kappa shape index (κ3) is 5.71. The number of thiazole rings is 1. The van der Waals surface area contributed by atoms with E-state index < -0.39 is 0 Å². The number of aromatic nitrogens is 4. The Morgan fingerprint density at radius 3 is 2.65 bits per heavy atom. The first-order valence-electron chi connectivity index (χ1n) is 11.8. The monoisotopic (exact) mass is 573 g/mol. The van der Waals surface area contributed by atoms with Crippen LogP contribution in [-0.2, 0) is 10.5 Å². The lowest BCUT2D eigenvalue weighted by Gasteiger charge is -2.34. The van der Waals surface area contributed by atoms with E-state index in [1.54, 1.807) is 0 Å². The molecule has 0 aliphatic carbocycles. The molecule has 2 aromatic carbocycles. The number of thioether (sulfide) groups is 1. The lowest BCUT2D eigenvalue weighted by molar-refractivity contribution is -0.0587. The fraction of sp³-hybridized carbons (Fsp3) is 0.308. The van der Waals surface area contributed by atoms with Gasteiger partial charge in [-0.15, -0.1) is 21.5 Å². The molecule has 2 atom stereocenters. The minimum absolute atomic E-state index is 0.00924. The fourth-order valence-electron chi connectivity index (χ4n) is 4.33. The van der Waals surface area contributed by atoms with Gasteiger partial charge in [-0.3, -0.25) is 9.36 Å². The summed E-state index contributed by atoms with van der Waals surface area (Å²) in [5.74, 6) is 1.10. The predicted molar refractivity (Wildman–Crippen MR) is 149 cm³/mol. The Kier molecular flexibility index (Phi) is 7.88. The number of ether oxygens (including phenoxy) is 1. The highest BCUT2D eigenvalue weighted by atomic mass is 35.5. The number of halogens is 2. The third-order valence-electron chi connectivity index (χ3n) is 5.96. The summed E-state index contributed by atoms with van der Waals surface area (Å²) in [5.41, 5.74) is 3.14. The Labute approximate surface area is 233 Å². The Bertz CT molecular complexity index is 1430. The van der Waals surface area contributed by atoms with Crippen LogP contribution in [0.2, 0.25) is 10.0 Å². The van der Waals surface area contributed by atoms with E-state index in [2.05, 4.69) is 15.2 Å². The molecule has 1 amide bonds. The van der Waals surface area contributed by atoms with Crippen molar-refractivity contribution in [3.05, 3.63) is 74.2 Å². The normalized spacial score (nSPS) is 17.8. The molecule has 0 bridgehead atoms. The zero-order chi connectivity index (χ0) is 26.1. The first kappa shape index (κ1) is 26.2.